The van der Waals surface area contributed by atoms with E-state index >= 15 is 0 Å². The Labute approximate surface area is 315 Å². The number of aromatic nitrogens is 4. The molecule has 2 aromatic carbocycles. The predicted octanol–water partition coefficient (Wildman–Crippen LogP) is 2.66. The van der Waals surface area contributed by atoms with Crippen molar-refractivity contribution >= 4 is 54.9 Å². The van der Waals surface area contributed by atoms with Crippen molar-refractivity contribution in [2.24, 2.45) is 0 Å². The fourth-order valence-electron chi connectivity index (χ4n) is 7.82. The summed E-state index contributed by atoms with van der Waals surface area (Å²) in [6, 6.07) is 12.0. The van der Waals surface area contributed by atoms with Crippen LogP contribution in [-0.2, 0) is 46.0 Å². The standard InChI is InChI=1S/2C18H23N5O3S/c1-11-3-4-15-14(9-11)12(5-7-20-15)18(24)23-16-10-22(27(2,25)26)8-6-13(16)17(19)21-23;1-11-3-4-15-14(9-11)12(5-7-20-15)18(24)23-17(19)13-6-8-22(27(2,25)26)10-16(13)21-23/h3-4,9,12,20H,5-8,10H2,1-2H3,(H2,19,21);3-4,9,12,20H,5-8,10,19H2,1-2H3. The molecule has 4 aliphatic heterocycles. The Bertz CT molecular complexity index is 2390. The smallest absolute Gasteiger partial charge is 0.256 e. The first-order valence-corrected chi connectivity index (χ1v) is 21.6. The molecule has 2 aromatic heterocycles. The second kappa shape index (κ2) is 14.1. The van der Waals surface area contributed by atoms with E-state index in [2.05, 4.69) is 20.8 Å². The summed E-state index contributed by atoms with van der Waals surface area (Å²) in [7, 11) is -6.66. The van der Waals surface area contributed by atoms with Crippen molar-refractivity contribution in [2.75, 3.05) is 60.8 Å². The molecule has 54 heavy (non-hydrogen) atoms. The molecule has 2 unspecified atom stereocenters. The number of nitrogens with zero attached hydrogens (tertiary/aromatic N) is 6. The SMILES string of the molecule is Cc1ccc2c(c1)C(C(=O)n1nc(N)c3c1CN(S(C)(=O)=O)CC3)CCN2.Cc1ccc2c(c1)C(C(=O)n1nc3c(c1N)CCN(S(C)(=O)=O)C3)CCN2. The van der Waals surface area contributed by atoms with Crippen molar-refractivity contribution in [1.82, 2.24) is 28.2 Å². The van der Waals surface area contributed by atoms with Crippen molar-refractivity contribution in [1.29, 1.82) is 0 Å². The summed E-state index contributed by atoms with van der Waals surface area (Å²) in [5.41, 5.74) is 21.0. The van der Waals surface area contributed by atoms with Crippen LogP contribution < -0.4 is 22.1 Å². The number of hydrogen-bond acceptors (Lipinski definition) is 12. The molecule has 0 bridgehead atoms. The van der Waals surface area contributed by atoms with Crippen LogP contribution in [0.2, 0.25) is 0 Å². The zero-order chi connectivity index (χ0) is 38.7. The van der Waals surface area contributed by atoms with Crippen LogP contribution in [0.3, 0.4) is 0 Å². The second-order valence-electron chi connectivity index (χ2n) is 14.5. The molecular weight excluding hydrogens is 733 g/mol. The van der Waals surface area contributed by atoms with E-state index in [0.29, 0.717) is 74.9 Å². The lowest BCUT2D eigenvalue weighted by Crippen LogP contribution is -2.37. The van der Waals surface area contributed by atoms with Gasteiger partial charge in [-0.25, -0.2) is 21.5 Å². The van der Waals surface area contributed by atoms with Crippen LogP contribution in [0.5, 0.6) is 0 Å². The Morgan fingerprint density at radius 1 is 0.722 bits per heavy atom. The third kappa shape index (κ3) is 7.10. The third-order valence-corrected chi connectivity index (χ3v) is 13.2. The molecule has 6 heterocycles. The first-order chi connectivity index (χ1) is 25.5. The largest absolute Gasteiger partial charge is 0.385 e. The van der Waals surface area contributed by atoms with Crippen LogP contribution in [0.1, 0.15) is 79.0 Å². The Morgan fingerprint density at radius 3 is 1.76 bits per heavy atom. The summed E-state index contributed by atoms with van der Waals surface area (Å²) in [5, 5.41) is 15.3. The number of nitrogens with two attached hydrogens (primary N) is 2. The van der Waals surface area contributed by atoms with E-state index < -0.39 is 20.0 Å². The van der Waals surface area contributed by atoms with Gasteiger partial charge in [-0.3, -0.25) is 9.59 Å². The lowest BCUT2D eigenvalue weighted by atomic mass is 9.89. The maximum absolute atomic E-state index is 13.4. The molecular formula is C36H46N10O6S2. The molecule has 0 saturated heterocycles. The minimum Gasteiger partial charge on any atom is -0.385 e. The number of aryl methyl sites for hydroxylation is 2. The van der Waals surface area contributed by atoms with Crippen molar-refractivity contribution in [3.63, 3.8) is 0 Å². The summed E-state index contributed by atoms with van der Waals surface area (Å²) in [6.07, 6.45) is 4.59. The number of hydrogen-bond donors (Lipinski definition) is 4. The summed E-state index contributed by atoms with van der Waals surface area (Å²) in [4.78, 5) is 26.6. The third-order valence-electron chi connectivity index (χ3n) is 10.7. The molecule has 0 spiro atoms. The normalized spacial score (nSPS) is 19.9. The molecule has 0 saturated carbocycles. The second-order valence-corrected chi connectivity index (χ2v) is 18.5. The fraction of sp³-hybridized carbons (Fsp3) is 0.444. The van der Waals surface area contributed by atoms with Crippen LogP contribution in [-0.4, -0.2) is 95.5 Å². The molecule has 0 radical (unpaired) electrons. The Morgan fingerprint density at radius 2 is 1.22 bits per heavy atom. The number of carbonyl (C=O) groups is 2. The quantitative estimate of drug-likeness (QED) is 0.235. The molecule has 4 aromatic rings. The van der Waals surface area contributed by atoms with Crippen molar-refractivity contribution in [3.8, 4) is 0 Å². The number of nitrogen functional groups attached to an aromatic ring is 2. The van der Waals surface area contributed by atoms with Crippen LogP contribution in [0.15, 0.2) is 36.4 Å². The van der Waals surface area contributed by atoms with E-state index in [1.54, 1.807) is 0 Å². The van der Waals surface area contributed by atoms with Crippen LogP contribution in [0.4, 0.5) is 23.0 Å². The van der Waals surface area contributed by atoms with Gasteiger partial charge in [-0.1, -0.05) is 35.4 Å². The highest BCUT2D eigenvalue weighted by molar-refractivity contribution is 7.88. The van der Waals surface area contributed by atoms with Crippen molar-refractivity contribution < 1.29 is 26.4 Å². The summed E-state index contributed by atoms with van der Waals surface area (Å²) >= 11 is 0. The molecule has 0 amide bonds. The van der Waals surface area contributed by atoms with Crippen molar-refractivity contribution in [3.05, 3.63) is 81.2 Å². The Balaban J connectivity index is 0.000000167. The van der Waals surface area contributed by atoms with E-state index in [1.807, 2.05) is 50.2 Å². The van der Waals surface area contributed by atoms with Crippen LogP contribution in [0, 0.1) is 13.8 Å². The fourth-order valence-corrected chi connectivity index (χ4v) is 9.37. The molecule has 4 aliphatic rings. The number of nitrogens with one attached hydrogen (secondary N) is 2. The summed E-state index contributed by atoms with van der Waals surface area (Å²) < 4.78 is 52.9. The van der Waals surface area contributed by atoms with Gasteiger partial charge in [0, 0.05) is 48.7 Å². The lowest BCUT2D eigenvalue weighted by molar-refractivity contribution is 0.0845. The number of anilines is 4. The number of fused-ring (bicyclic) bond motifs is 4. The first-order valence-electron chi connectivity index (χ1n) is 17.9. The first kappa shape index (κ1) is 37.5. The predicted molar refractivity (Wildman–Crippen MR) is 207 cm³/mol. The van der Waals surface area contributed by atoms with Gasteiger partial charge < -0.3 is 22.1 Å². The Kier molecular flexibility index (Phi) is 9.82. The zero-order valence-electron chi connectivity index (χ0n) is 30.8. The number of carbonyl (C=O) groups excluding carboxylic acids is 2. The molecule has 288 valence electrons. The average Bonchev–Trinajstić information content (AvgIpc) is 3.65. The van der Waals surface area contributed by atoms with Crippen LogP contribution in [0.25, 0.3) is 0 Å². The lowest BCUT2D eigenvalue weighted by Gasteiger charge is -2.28. The molecule has 2 atom stereocenters. The maximum Gasteiger partial charge on any atom is 0.256 e. The van der Waals surface area contributed by atoms with E-state index in [1.165, 1.54) is 30.5 Å². The molecule has 8 rings (SSSR count). The van der Waals surface area contributed by atoms with Crippen molar-refractivity contribution in [2.45, 2.75) is 64.5 Å². The van der Waals surface area contributed by atoms with E-state index in [0.717, 1.165) is 44.8 Å². The highest BCUT2D eigenvalue weighted by atomic mass is 32.2. The monoisotopic (exact) mass is 778 g/mol. The van der Waals surface area contributed by atoms with Gasteiger partial charge in [0.15, 0.2) is 0 Å². The van der Waals surface area contributed by atoms with Gasteiger partial charge in [0.25, 0.3) is 11.8 Å². The molecule has 0 aliphatic carbocycles. The molecule has 6 N–H and O–H groups in total. The van der Waals surface area contributed by atoms with E-state index in [4.69, 9.17) is 11.5 Å². The number of sulfonamides is 2. The van der Waals surface area contributed by atoms with Crippen LogP contribution >= 0.6 is 0 Å². The van der Waals surface area contributed by atoms with E-state index in [9.17, 15) is 26.4 Å². The highest BCUT2D eigenvalue weighted by Gasteiger charge is 2.36. The van der Waals surface area contributed by atoms with Gasteiger partial charge in [-0.2, -0.15) is 18.4 Å². The van der Waals surface area contributed by atoms with Gasteiger partial charge in [-0.15, -0.1) is 5.10 Å². The van der Waals surface area contributed by atoms with Gasteiger partial charge in [0.1, 0.15) is 11.6 Å². The highest BCUT2D eigenvalue weighted by Crippen LogP contribution is 2.37. The molecule has 16 nitrogen and oxygen atoms in total. The minimum atomic E-state index is -3.35. The van der Waals surface area contributed by atoms with Gasteiger partial charge >= 0.3 is 0 Å². The summed E-state index contributed by atoms with van der Waals surface area (Å²) in [5.74, 6) is -0.345. The summed E-state index contributed by atoms with van der Waals surface area (Å²) in [6.45, 7) is 6.37. The number of rotatable bonds is 4. The Hall–Kier alpha value is -4.78. The minimum absolute atomic E-state index is 0.121. The van der Waals surface area contributed by atoms with Gasteiger partial charge in [0.05, 0.1) is 48.8 Å². The van der Waals surface area contributed by atoms with Gasteiger partial charge in [0.2, 0.25) is 20.0 Å². The topological polar surface area (TPSA) is 221 Å². The molecule has 18 heteroatoms. The van der Waals surface area contributed by atoms with Gasteiger partial charge in [-0.05, 0) is 62.8 Å². The molecule has 0 fully saturated rings. The number of benzene rings is 2. The average molecular weight is 779 g/mol. The zero-order valence-corrected chi connectivity index (χ0v) is 32.4. The maximum atomic E-state index is 13.4. The van der Waals surface area contributed by atoms with E-state index in [-0.39, 0.29) is 36.7 Å².